The van der Waals surface area contributed by atoms with Crippen LogP contribution in [0.2, 0.25) is 0 Å². The maximum Gasteiger partial charge on any atom is 0.125 e. The zero-order valence-corrected chi connectivity index (χ0v) is 11.6. The van der Waals surface area contributed by atoms with Crippen LogP contribution in [0.5, 0.6) is 5.75 Å². The first-order valence-electron chi connectivity index (χ1n) is 5.58. The summed E-state index contributed by atoms with van der Waals surface area (Å²) in [4.78, 5) is 0. The Morgan fingerprint density at radius 2 is 2.06 bits per heavy atom. The highest BCUT2D eigenvalue weighted by Gasteiger charge is 2.39. The fraction of sp³-hybridized carbons (Fsp3) is 0.538. The minimum Gasteiger partial charge on any atom is -0.496 e. The number of aryl methyl sites for hydroxylation is 1. The molecule has 0 radical (unpaired) electrons. The van der Waals surface area contributed by atoms with Gasteiger partial charge in [-0.1, -0.05) is 15.9 Å². The summed E-state index contributed by atoms with van der Waals surface area (Å²) in [5.74, 6) is 0.998. The van der Waals surface area contributed by atoms with E-state index in [1.54, 1.807) is 7.11 Å². The van der Waals surface area contributed by atoms with Crippen molar-refractivity contribution < 1.29 is 4.74 Å². The van der Waals surface area contributed by atoms with Crippen molar-refractivity contribution in [2.75, 3.05) is 7.11 Å². The van der Waals surface area contributed by atoms with Gasteiger partial charge in [-0.2, -0.15) is 0 Å². The topological polar surface area (TPSA) is 35.2 Å². The van der Waals surface area contributed by atoms with Gasteiger partial charge in [0.2, 0.25) is 0 Å². The number of ether oxygens (including phenoxy) is 1. The third-order valence-electron chi connectivity index (χ3n) is 3.41. The van der Waals surface area contributed by atoms with Crippen LogP contribution in [0.1, 0.15) is 29.5 Å². The fourth-order valence-corrected chi connectivity index (χ4v) is 2.69. The molecule has 1 saturated carbocycles. The Morgan fingerprint density at radius 1 is 1.44 bits per heavy atom. The van der Waals surface area contributed by atoms with Crippen molar-refractivity contribution in [2.24, 2.45) is 5.73 Å². The molecule has 1 aromatic carbocycles. The Bertz CT molecular complexity index is 424. The zero-order chi connectivity index (χ0) is 11.9. The van der Waals surface area contributed by atoms with Crippen LogP contribution in [-0.2, 0) is 6.42 Å². The average Bonchev–Trinajstić information content (AvgIpc) is 2.93. The highest BCUT2D eigenvalue weighted by molar-refractivity contribution is 9.10. The van der Waals surface area contributed by atoms with Gasteiger partial charge in [0.1, 0.15) is 5.75 Å². The highest BCUT2D eigenvalue weighted by Crippen LogP contribution is 2.41. The fourth-order valence-electron chi connectivity index (χ4n) is 2.10. The van der Waals surface area contributed by atoms with E-state index in [1.807, 2.05) is 0 Å². The van der Waals surface area contributed by atoms with E-state index in [0.717, 1.165) is 29.5 Å². The molecule has 16 heavy (non-hydrogen) atoms. The molecule has 0 aromatic heterocycles. The molecule has 1 aliphatic rings. The van der Waals surface area contributed by atoms with E-state index in [9.17, 15) is 0 Å². The van der Waals surface area contributed by atoms with E-state index in [0.29, 0.717) is 0 Å². The molecule has 1 aliphatic carbocycles. The molecule has 3 heteroatoms. The van der Waals surface area contributed by atoms with Gasteiger partial charge in [0.25, 0.3) is 0 Å². The average molecular weight is 284 g/mol. The van der Waals surface area contributed by atoms with Gasteiger partial charge in [-0.15, -0.1) is 0 Å². The Hall–Kier alpha value is -0.540. The molecule has 0 amide bonds. The van der Waals surface area contributed by atoms with Gasteiger partial charge in [0.05, 0.1) is 7.11 Å². The van der Waals surface area contributed by atoms with Crippen molar-refractivity contribution in [1.29, 1.82) is 0 Å². The van der Waals surface area contributed by atoms with Crippen LogP contribution in [0.4, 0.5) is 0 Å². The lowest BCUT2D eigenvalue weighted by Crippen LogP contribution is -2.25. The largest absolute Gasteiger partial charge is 0.496 e. The van der Waals surface area contributed by atoms with Gasteiger partial charge in [-0.25, -0.2) is 0 Å². The van der Waals surface area contributed by atoms with E-state index in [4.69, 9.17) is 10.5 Å². The van der Waals surface area contributed by atoms with Gasteiger partial charge < -0.3 is 10.5 Å². The first-order chi connectivity index (χ1) is 7.47. The molecule has 0 unspecified atom stereocenters. The summed E-state index contributed by atoms with van der Waals surface area (Å²) in [6.45, 7) is 4.19. The van der Waals surface area contributed by atoms with E-state index in [-0.39, 0.29) is 5.54 Å². The highest BCUT2D eigenvalue weighted by atomic mass is 79.9. The summed E-state index contributed by atoms with van der Waals surface area (Å²) < 4.78 is 6.65. The van der Waals surface area contributed by atoms with Crippen LogP contribution < -0.4 is 10.5 Å². The van der Waals surface area contributed by atoms with Crippen LogP contribution in [-0.4, -0.2) is 12.6 Å². The number of hydrogen-bond acceptors (Lipinski definition) is 2. The molecule has 1 aromatic rings. The van der Waals surface area contributed by atoms with Crippen LogP contribution in [0.3, 0.4) is 0 Å². The van der Waals surface area contributed by atoms with E-state index >= 15 is 0 Å². The van der Waals surface area contributed by atoms with E-state index in [2.05, 4.69) is 35.8 Å². The van der Waals surface area contributed by atoms with Crippen LogP contribution in [0.25, 0.3) is 0 Å². The maximum atomic E-state index is 6.20. The van der Waals surface area contributed by atoms with Crippen molar-refractivity contribution >= 4 is 15.9 Å². The summed E-state index contributed by atoms with van der Waals surface area (Å²) >= 11 is 3.59. The monoisotopic (exact) mass is 283 g/mol. The third kappa shape index (κ3) is 2.11. The van der Waals surface area contributed by atoms with E-state index < -0.39 is 0 Å². The third-order valence-corrected chi connectivity index (χ3v) is 4.24. The Labute approximate surface area is 105 Å². The summed E-state index contributed by atoms with van der Waals surface area (Å²) in [6.07, 6.45) is 3.17. The van der Waals surface area contributed by atoms with Gasteiger partial charge in [-0.3, -0.25) is 0 Å². The number of rotatable bonds is 3. The molecule has 0 atom stereocenters. The molecule has 2 rings (SSSR count). The molecule has 88 valence electrons. The second-order valence-corrected chi connectivity index (χ2v) is 5.71. The molecule has 0 spiro atoms. The number of methoxy groups -OCH3 is 1. The van der Waals surface area contributed by atoms with Gasteiger partial charge >= 0.3 is 0 Å². The quantitative estimate of drug-likeness (QED) is 0.925. The molecule has 2 N–H and O–H groups in total. The second-order valence-electron chi connectivity index (χ2n) is 4.85. The van der Waals surface area contributed by atoms with Crippen molar-refractivity contribution in [2.45, 2.75) is 38.6 Å². The smallest absolute Gasteiger partial charge is 0.125 e. The molecule has 0 saturated heterocycles. The van der Waals surface area contributed by atoms with Crippen LogP contribution >= 0.6 is 15.9 Å². The molecule has 0 aliphatic heterocycles. The molecule has 0 heterocycles. The normalized spacial score (nSPS) is 17.3. The lowest BCUT2D eigenvalue weighted by Gasteiger charge is -2.18. The molecule has 0 bridgehead atoms. The molecule has 2 nitrogen and oxygen atoms in total. The minimum absolute atomic E-state index is 0.0191. The van der Waals surface area contributed by atoms with Crippen molar-refractivity contribution in [3.05, 3.63) is 27.2 Å². The van der Waals surface area contributed by atoms with Crippen molar-refractivity contribution in [1.82, 2.24) is 0 Å². The lowest BCUT2D eigenvalue weighted by atomic mass is 9.96. The number of hydrogen-bond donors (Lipinski definition) is 1. The van der Waals surface area contributed by atoms with Gasteiger partial charge in [-0.05, 0) is 50.3 Å². The van der Waals surface area contributed by atoms with Crippen LogP contribution in [0, 0.1) is 13.8 Å². The van der Waals surface area contributed by atoms with Crippen LogP contribution in [0.15, 0.2) is 10.5 Å². The number of benzene rings is 1. The van der Waals surface area contributed by atoms with E-state index in [1.165, 1.54) is 16.7 Å². The first kappa shape index (κ1) is 11.9. The first-order valence-corrected chi connectivity index (χ1v) is 6.37. The maximum absolute atomic E-state index is 6.20. The minimum atomic E-state index is 0.0191. The van der Waals surface area contributed by atoms with Gasteiger partial charge in [0, 0.05) is 15.6 Å². The Morgan fingerprint density at radius 3 is 2.56 bits per heavy atom. The number of halogens is 1. The zero-order valence-electron chi connectivity index (χ0n) is 10.1. The number of nitrogens with two attached hydrogens (primary N) is 1. The Kier molecular flexibility index (Phi) is 3.01. The lowest BCUT2D eigenvalue weighted by molar-refractivity contribution is 0.403. The standard InChI is InChI=1S/C13H18BrNO/c1-8-6-11(14)9(2)10(12(8)16-3)7-13(15)4-5-13/h6H,4-5,7,15H2,1-3H3. The SMILES string of the molecule is COc1c(C)cc(Br)c(C)c1CC1(N)CC1. The van der Waals surface area contributed by atoms with Gasteiger partial charge in [0.15, 0.2) is 0 Å². The summed E-state index contributed by atoms with van der Waals surface area (Å²) in [6, 6.07) is 2.10. The molecular formula is C13H18BrNO. The second kappa shape index (κ2) is 4.04. The predicted molar refractivity (Wildman–Crippen MR) is 70.0 cm³/mol. The van der Waals surface area contributed by atoms with Crippen molar-refractivity contribution in [3.8, 4) is 5.75 Å². The summed E-state index contributed by atoms with van der Waals surface area (Å²) in [5.41, 5.74) is 9.89. The molecular weight excluding hydrogens is 266 g/mol. The van der Waals surface area contributed by atoms with Crippen molar-refractivity contribution in [3.63, 3.8) is 0 Å². The Balaban J connectivity index is 2.47. The summed E-state index contributed by atoms with van der Waals surface area (Å²) in [5, 5.41) is 0. The predicted octanol–water partition coefficient (Wildman–Crippen LogP) is 3.11. The molecule has 1 fully saturated rings. The summed E-state index contributed by atoms with van der Waals surface area (Å²) in [7, 11) is 1.73.